The minimum absolute atomic E-state index is 0. The molecule has 0 bridgehead atoms. The van der Waals surface area contributed by atoms with Crippen LogP contribution < -0.4 is 10.6 Å². The van der Waals surface area contributed by atoms with E-state index in [0.29, 0.717) is 24.2 Å². The molecular formula is C15H24ClN3O2. The van der Waals surface area contributed by atoms with E-state index < -0.39 is 0 Å². The van der Waals surface area contributed by atoms with E-state index in [1.807, 2.05) is 14.0 Å². The summed E-state index contributed by atoms with van der Waals surface area (Å²) in [6.45, 7) is 4.03. The third-order valence-electron chi connectivity index (χ3n) is 3.08. The molecule has 0 radical (unpaired) electrons. The number of nitrogens with one attached hydrogen (secondary N) is 2. The standard InChI is InChI=1S/C15H23N3O2.ClH/c1-4-18(3)15(20)13-8-5-7-12(11-13)14(19)17-10-6-9-16-2;/h5,7-8,11,16H,4,6,9-10H2,1-3H3,(H,17,19);1H. The lowest BCUT2D eigenvalue weighted by Gasteiger charge is -2.14. The van der Waals surface area contributed by atoms with Gasteiger partial charge in [0.1, 0.15) is 0 Å². The topological polar surface area (TPSA) is 61.4 Å². The summed E-state index contributed by atoms with van der Waals surface area (Å²) in [6.07, 6.45) is 0.874. The van der Waals surface area contributed by atoms with Crippen LogP contribution in [0.4, 0.5) is 0 Å². The molecule has 2 amide bonds. The van der Waals surface area contributed by atoms with Crippen LogP contribution in [0.15, 0.2) is 24.3 Å². The van der Waals surface area contributed by atoms with E-state index in [4.69, 9.17) is 0 Å². The van der Waals surface area contributed by atoms with Crippen LogP contribution in [0, 0.1) is 0 Å². The number of hydrogen-bond acceptors (Lipinski definition) is 3. The van der Waals surface area contributed by atoms with Gasteiger partial charge in [-0.05, 0) is 45.1 Å². The summed E-state index contributed by atoms with van der Waals surface area (Å²) < 4.78 is 0. The van der Waals surface area contributed by atoms with E-state index in [0.717, 1.165) is 13.0 Å². The van der Waals surface area contributed by atoms with E-state index in [2.05, 4.69) is 10.6 Å². The SMILES string of the molecule is CCN(C)C(=O)c1cccc(C(=O)NCCCNC)c1.Cl. The fraction of sp³-hybridized carbons (Fsp3) is 0.467. The molecule has 0 saturated heterocycles. The number of carbonyl (C=O) groups is 2. The molecule has 118 valence electrons. The first kappa shape index (κ1) is 19.4. The number of nitrogens with zero attached hydrogens (tertiary/aromatic N) is 1. The molecule has 0 spiro atoms. The third-order valence-corrected chi connectivity index (χ3v) is 3.08. The third kappa shape index (κ3) is 6.14. The van der Waals surface area contributed by atoms with E-state index in [-0.39, 0.29) is 24.2 Å². The Balaban J connectivity index is 0.00000400. The van der Waals surface area contributed by atoms with Crippen LogP contribution in [-0.4, -0.2) is 50.4 Å². The number of benzene rings is 1. The zero-order valence-electron chi connectivity index (χ0n) is 12.8. The van der Waals surface area contributed by atoms with E-state index in [1.165, 1.54) is 0 Å². The van der Waals surface area contributed by atoms with Gasteiger partial charge in [-0.2, -0.15) is 0 Å². The smallest absolute Gasteiger partial charge is 0.253 e. The maximum Gasteiger partial charge on any atom is 0.253 e. The highest BCUT2D eigenvalue weighted by Gasteiger charge is 2.12. The Kier molecular flexibility index (Phi) is 9.41. The molecule has 0 unspecified atom stereocenters. The van der Waals surface area contributed by atoms with Gasteiger partial charge in [-0.1, -0.05) is 6.07 Å². The largest absolute Gasteiger partial charge is 0.352 e. The maximum absolute atomic E-state index is 12.0. The molecule has 0 atom stereocenters. The number of carbonyl (C=O) groups excluding carboxylic acids is 2. The van der Waals surface area contributed by atoms with Crippen LogP contribution in [0.5, 0.6) is 0 Å². The Labute approximate surface area is 132 Å². The molecule has 5 nitrogen and oxygen atoms in total. The van der Waals surface area contributed by atoms with Gasteiger partial charge in [0.25, 0.3) is 11.8 Å². The van der Waals surface area contributed by atoms with Gasteiger partial charge >= 0.3 is 0 Å². The van der Waals surface area contributed by atoms with Crippen LogP contribution in [0.3, 0.4) is 0 Å². The molecule has 1 rings (SSSR count). The average Bonchev–Trinajstić information content (AvgIpc) is 2.49. The first-order valence-electron chi connectivity index (χ1n) is 6.88. The van der Waals surface area contributed by atoms with Gasteiger partial charge in [-0.3, -0.25) is 9.59 Å². The van der Waals surface area contributed by atoms with Crippen molar-refractivity contribution in [2.45, 2.75) is 13.3 Å². The second kappa shape index (κ2) is 10.2. The van der Waals surface area contributed by atoms with Crippen molar-refractivity contribution in [2.24, 2.45) is 0 Å². The van der Waals surface area contributed by atoms with Crippen molar-refractivity contribution >= 4 is 24.2 Å². The quantitative estimate of drug-likeness (QED) is 0.751. The molecule has 0 aliphatic rings. The van der Waals surface area contributed by atoms with E-state index in [1.54, 1.807) is 36.2 Å². The van der Waals surface area contributed by atoms with Gasteiger partial charge in [0.2, 0.25) is 0 Å². The van der Waals surface area contributed by atoms with Crippen LogP contribution in [0.2, 0.25) is 0 Å². The van der Waals surface area contributed by atoms with Gasteiger partial charge in [0.05, 0.1) is 0 Å². The van der Waals surface area contributed by atoms with Crippen LogP contribution in [-0.2, 0) is 0 Å². The fourth-order valence-electron chi connectivity index (χ4n) is 1.73. The molecular weight excluding hydrogens is 290 g/mol. The minimum Gasteiger partial charge on any atom is -0.352 e. The molecule has 0 saturated carbocycles. The van der Waals surface area contributed by atoms with Crippen molar-refractivity contribution in [3.63, 3.8) is 0 Å². The van der Waals surface area contributed by atoms with E-state index >= 15 is 0 Å². The Morgan fingerprint density at radius 1 is 1.19 bits per heavy atom. The summed E-state index contributed by atoms with van der Waals surface area (Å²) in [5.41, 5.74) is 1.06. The lowest BCUT2D eigenvalue weighted by atomic mass is 10.1. The summed E-state index contributed by atoms with van der Waals surface area (Å²) in [6, 6.07) is 6.82. The van der Waals surface area contributed by atoms with Gasteiger partial charge in [-0.15, -0.1) is 12.4 Å². The zero-order chi connectivity index (χ0) is 15.0. The number of rotatable bonds is 7. The monoisotopic (exact) mass is 313 g/mol. The van der Waals surface area contributed by atoms with Gasteiger partial charge in [-0.25, -0.2) is 0 Å². The summed E-state index contributed by atoms with van der Waals surface area (Å²) in [4.78, 5) is 25.6. The van der Waals surface area contributed by atoms with Crippen molar-refractivity contribution in [1.29, 1.82) is 0 Å². The maximum atomic E-state index is 12.0. The molecule has 0 aliphatic heterocycles. The molecule has 0 heterocycles. The highest BCUT2D eigenvalue weighted by Crippen LogP contribution is 2.08. The zero-order valence-corrected chi connectivity index (χ0v) is 13.6. The second-order valence-corrected chi connectivity index (χ2v) is 4.61. The van der Waals surface area contributed by atoms with Crippen LogP contribution in [0.25, 0.3) is 0 Å². The summed E-state index contributed by atoms with van der Waals surface area (Å²) >= 11 is 0. The Hall–Kier alpha value is -1.59. The molecule has 1 aromatic carbocycles. The first-order chi connectivity index (χ1) is 9.60. The molecule has 1 aromatic rings. The highest BCUT2D eigenvalue weighted by molar-refractivity contribution is 5.99. The van der Waals surface area contributed by atoms with Gasteiger partial charge < -0.3 is 15.5 Å². The number of hydrogen-bond donors (Lipinski definition) is 2. The van der Waals surface area contributed by atoms with Gasteiger partial charge in [0.15, 0.2) is 0 Å². The molecule has 21 heavy (non-hydrogen) atoms. The number of amides is 2. The van der Waals surface area contributed by atoms with Crippen molar-refractivity contribution in [3.8, 4) is 0 Å². The number of halogens is 1. The van der Waals surface area contributed by atoms with Crippen molar-refractivity contribution in [1.82, 2.24) is 15.5 Å². The minimum atomic E-state index is -0.144. The lowest BCUT2D eigenvalue weighted by molar-refractivity contribution is 0.0802. The normalized spacial score (nSPS) is 9.67. The average molecular weight is 314 g/mol. The van der Waals surface area contributed by atoms with Crippen molar-refractivity contribution in [3.05, 3.63) is 35.4 Å². The molecule has 6 heteroatoms. The van der Waals surface area contributed by atoms with E-state index in [9.17, 15) is 9.59 Å². The predicted octanol–water partition coefficient (Wildman–Crippen LogP) is 1.54. The Morgan fingerprint density at radius 2 is 1.86 bits per heavy atom. The molecule has 0 fully saturated rings. The highest BCUT2D eigenvalue weighted by atomic mass is 35.5. The van der Waals surface area contributed by atoms with Crippen LogP contribution in [0.1, 0.15) is 34.1 Å². The van der Waals surface area contributed by atoms with Crippen molar-refractivity contribution in [2.75, 3.05) is 33.7 Å². The fourth-order valence-corrected chi connectivity index (χ4v) is 1.73. The van der Waals surface area contributed by atoms with Crippen LogP contribution >= 0.6 is 12.4 Å². The van der Waals surface area contributed by atoms with Gasteiger partial charge in [0, 0.05) is 31.3 Å². The molecule has 0 aromatic heterocycles. The van der Waals surface area contributed by atoms with Crippen molar-refractivity contribution < 1.29 is 9.59 Å². The second-order valence-electron chi connectivity index (χ2n) is 4.61. The first-order valence-corrected chi connectivity index (χ1v) is 6.88. The summed E-state index contributed by atoms with van der Waals surface area (Å²) in [5, 5.41) is 5.86. The Bertz CT molecular complexity index is 466. The summed E-state index contributed by atoms with van der Waals surface area (Å²) in [7, 11) is 3.62. The predicted molar refractivity (Wildman–Crippen MR) is 87.2 cm³/mol. The summed E-state index contributed by atoms with van der Waals surface area (Å²) in [5.74, 6) is -0.216. The molecule has 0 aliphatic carbocycles. The lowest BCUT2D eigenvalue weighted by Crippen LogP contribution is -2.28. The Morgan fingerprint density at radius 3 is 2.48 bits per heavy atom. The molecule has 2 N–H and O–H groups in total.